The fraction of sp³-hybridized carbons (Fsp3) is 0.364. The average Bonchev–Trinajstić information content (AvgIpc) is 2.18. The summed E-state index contributed by atoms with van der Waals surface area (Å²) in [5, 5.41) is 2.75. The third-order valence-electron chi connectivity index (χ3n) is 2.20. The van der Waals surface area contributed by atoms with Gasteiger partial charge < -0.3 is 10.1 Å². The van der Waals surface area contributed by atoms with Crippen LogP contribution in [0.3, 0.4) is 0 Å². The standard InChI is InChI=1S/C11H15NO2/c1-11(2,12-8-13)9-6-4-5-7-10(9)14-3/h4-8H,1-3H3,(H,12,13). The van der Waals surface area contributed by atoms with Crippen molar-refractivity contribution >= 4 is 6.41 Å². The van der Waals surface area contributed by atoms with Gasteiger partial charge in [0.2, 0.25) is 6.41 Å². The van der Waals surface area contributed by atoms with Gasteiger partial charge in [-0.25, -0.2) is 0 Å². The van der Waals surface area contributed by atoms with E-state index in [2.05, 4.69) is 5.32 Å². The number of carbonyl (C=O) groups excluding carboxylic acids is 1. The van der Waals surface area contributed by atoms with E-state index in [1.807, 2.05) is 38.1 Å². The summed E-state index contributed by atoms with van der Waals surface area (Å²) in [6, 6.07) is 7.64. The van der Waals surface area contributed by atoms with E-state index in [1.165, 1.54) is 0 Å². The molecule has 0 fully saturated rings. The van der Waals surface area contributed by atoms with Gasteiger partial charge in [-0.2, -0.15) is 0 Å². The maximum Gasteiger partial charge on any atom is 0.207 e. The van der Waals surface area contributed by atoms with Crippen LogP contribution < -0.4 is 10.1 Å². The van der Waals surface area contributed by atoms with Crippen LogP contribution in [0.15, 0.2) is 24.3 Å². The molecule has 0 aliphatic heterocycles. The SMILES string of the molecule is COc1ccccc1C(C)(C)NC=O. The van der Waals surface area contributed by atoms with Crippen molar-refractivity contribution < 1.29 is 9.53 Å². The van der Waals surface area contributed by atoms with Gasteiger partial charge in [-0.05, 0) is 19.9 Å². The third-order valence-corrected chi connectivity index (χ3v) is 2.20. The smallest absolute Gasteiger partial charge is 0.207 e. The number of amides is 1. The highest BCUT2D eigenvalue weighted by Gasteiger charge is 2.22. The Hall–Kier alpha value is -1.51. The molecule has 1 amide bonds. The first-order valence-electron chi connectivity index (χ1n) is 4.46. The lowest BCUT2D eigenvalue weighted by Gasteiger charge is -2.26. The zero-order chi connectivity index (χ0) is 10.6. The van der Waals surface area contributed by atoms with Crippen LogP contribution in [0.1, 0.15) is 19.4 Å². The molecule has 3 heteroatoms. The van der Waals surface area contributed by atoms with Crippen molar-refractivity contribution in [3.05, 3.63) is 29.8 Å². The Bertz CT molecular complexity index is 321. The van der Waals surface area contributed by atoms with Gasteiger partial charge in [0.15, 0.2) is 0 Å². The van der Waals surface area contributed by atoms with Crippen LogP contribution in [-0.4, -0.2) is 13.5 Å². The Labute approximate surface area is 84.1 Å². The van der Waals surface area contributed by atoms with Crippen molar-refractivity contribution in [1.82, 2.24) is 5.32 Å². The molecule has 0 radical (unpaired) electrons. The number of nitrogens with one attached hydrogen (secondary N) is 1. The van der Waals surface area contributed by atoms with Crippen LogP contribution in [0, 0.1) is 0 Å². The van der Waals surface area contributed by atoms with Crippen molar-refractivity contribution in [3.63, 3.8) is 0 Å². The molecule has 1 aromatic carbocycles. The van der Waals surface area contributed by atoms with Gasteiger partial charge in [0.05, 0.1) is 12.6 Å². The number of carbonyl (C=O) groups is 1. The van der Waals surface area contributed by atoms with Gasteiger partial charge in [0, 0.05) is 5.56 Å². The van der Waals surface area contributed by atoms with E-state index >= 15 is 0 Å². The molecular formula is C11H15NO2. The third kappa shape index (κ3) is 2.05. The van der Waals surface area contributed by atoms with Crippen molar-refractivity contribution in [2.24, 2.45) is 0 Å². The van der Waals surface area contributed by atoms with Crippen molar-refractivity contribution in [2.45, 2.75) is 19.4 Å². The minimum absolute atomic E-state index is 0.408. The number of ether oxygens (including phenoxy) is 1. The predicted molar refractivity (Wildman–Crippen MR) is 55.2 cm³/mol. The summed E-state index contributed by atoms with van der Waals surface area (Å²) in [6.45, 7) is 3.86. The highest BCUT2D eigenvalue weighted by molar-refractivity contribution is 5.51. The number of methoxy groups -OCH3 is 1. The summed E-state index contributed by atoms with van der Waals surface area (Å²) >= 11 is 0. The minimum Gasteiger partial charge on any atom is -0.496 e. The first kappa shape index (κ1) is 10.6. The molecule has 1 N–H and O–H groups in total. The Balaban J connectivity index is 3.09. The lowest BCUT2D eigenvalue weighted by molar-refractivity contribution is -0.111. The molecule has 14 heavy (non-hydrogen) atoms. The van der Waals surface area contributed by atoms with E-state index < -0.39 is 5.54 Å². The molecule has 0 unspecified atom stereocenters. The van der Waals surface area contributed by atoms with Crippen LogP contribution in [0.4, 0.5) is 0 Å². The number of hydrogen-bond acceptors (Lipinski definition) is 2. The fourth-order valence-electron chi connectivity index (χ4n) is 1.39. The molecule has 0 aliphatic rings. The molecule has 0 saturated heterocycles. The van der Waals surface area contributed by atoms with Gasteiger partial charge in [0.1, 0.15) is 5.75 Å². The zero-order valence-electron chi connectivity index (χ0n) is 8.70. The van der Waals surface area contributed by atoms with Crippen molar-refractivity contribution in [1.29, 1.82) is 0 Å². The Kier molecular flexibility index (Phi) is 3.12. The van der Waals surface area contributed by atoms with E-state index in [4.69, 9.17) is 4.74 Å². The van der Waals surface area contributed by atoms with E-state index in [9.17, 15) is 4.79 Å². The topological polar surface area (TPSA) is 38.3 Å². The van der Waals surface area contributed by atoms with Crippen LogP contribution >= 0.6 is 0 Å². The molecular weight excluding hydrogens is 178 g/mol. The first-order valence-corrected chi connectivity index (χ1v) is 4.46. The average molecular weight is 193 g/mol. The number of rotatable bonds is 4. The monoisotopic (exact) mass is 193 g/mol. The molecule has 1 rings (SSSR count). The zero-order valence-corrected chi connectivity index (χ0v) is 8.70. The Morgan fingerprint density at radius 3 is 2.57 bits per heavy atom. The van der Waals surface area contributed by atoms with Crippen molar-refractivity contribution in [3.8, 4) is 5.75 Å². The first-order chi connectivity index (χ1) is 6.61. The summed E-state index contributed by atoms with van der Waals surface area (Å²) < 4.78 is 5.22. The molecule has 0 saturated carbocycles. The van der Waals surface area contributed by atoms with Gasteiger partial charge in [-0.3, -0.25) is 4.79 Å². The van der Waals surface area contributed by atoms with Crippen LogP contribution in [0.25, 0.3) is 0 Å². The molecule has 76 valence electrons. The maximum atomic E-state index is 10.4. The number of benzene rings is 1. The summed E-state index contributed by atoms with van der Waals surface area (Å²) in [5.41, 5.74) is 0.559. The second-order valence-electron chi connectivity index (χ2n) is 3.59. The Morgan fingerprint density at radius 2 is 2.00 bits per heavy atom. The normalized spacial score (nSPS) is 10.8. The van der Waals surface area contributed by atoms with Gasteiger partial charge in [-0.1, -0.05) is 18.2 Å². The molecule has 0 aromatic heterocycles. The second kappa shape index (κ2) is 4.13. The van der Waals surface area contributed by atoms with Gasteiger partial charge >= 0.3 is 0 Å². The molecule has 0 bridgehead atoms. The van der Waals surface area contributed by atoms with E-state index in [0.717, 1.165) is 11.3 Å². The van der Waals surface area contributed by atoms with Crippen LogP contribution in [0.2, 0.25) is 0 Å². The van der Waals surface area contributed by atoms with E-state index in [-0.39, 0.29) is 0 Å². The van der Waals surface area contributed by atoms with E-state index in [0.29, 0.717) is 6.41 Å². The number of hydrogen-bond donors (Lipinski definition) is 1. The highest BCUT2D eigenvalue weighted by atomic mass is 16.5. The lowest BCUT2D eigenvalue weighted by atomic mass is 9.94. The highest BCUT2D eigenvalue weighted by Crippen LogP contribution is 2.28. The largest absolute Gasteiger partial charge is 0.496 e. The molecule has 0 heterocycles. The summed E-state index contributed by atoms with van der Waals surface area (Å²) in [7, 11) is 1.62. The molecule has 0 aliphatic carbocycles. The summed E-state index contributed by atoms with van der Waals surface area (Å²) in [6.07, 6.45) is 0.701. The van der Waals surface area contributed by atoms with Crippen LogP contribution in [-0.2, 0) is 10.3 Å². The summed E-state index contributed by atoms with van der Waals surface area (Å²) in [4.78, 5) is 10.4. The lowest BCUT2D eigenvalue weighted by Crippen LogP contribution is -2.35. The maximum absolute atomic E-state index is 10.4. The van der Waals surface area contributed by atoms with Crippen molar-refractivity contribution in [2.75, 3.05) is 7.11 Å². The van der Waals surface area contributed by atoms with Gasteiger partial charge in [0.25, 0.3) is 0 Å². The fourth-order valence-corrected chi connectivity index (χ4v) is 1.39. The predicted octanol–water partition coefficient (Wildman–Crippen LogP) is 1.68. The minimum atomic E-state index is -0.408. The molecule has 0 spiro atoms. The van der Waals surface area contributed by atoms with Crippen LogP contribution in [0.5, 0.6) is 5.75 Å². The Morgan fingerprint density at radius 1 is 1.36 bits per heavy atom. The number of para-hydroxylation sites is 1. The molecule has 1 aromatic rings. The summed E-state index contributed by atoms with van der Waals surface area (Å²) in [5.74, 6) is 0.784. The quantitative estimate of drug-likeness (QED) is 0.739. The second-order valence-corrected chi connectivity index (χ2v) is 3.59. The van der Waals surface area contributed by atoms with E-state index in [1.54, 1.807) is 7.11 Å². The van der Waals surface area contributed by atoms with Gasteiger partial charge in [-0.15, -0.1) is 0 Å². The molecule has 3 nitrogen and oxygen atoms in total. The molecule has 0 atom stereocenters.